The molecule has 3 heteroatoms. The van der Waals surface area contributed by atoms with E-state index < -0.39 is 0 Å². The van der Waals surface area contributed by atoms with Gasteiger partial charge < -0.3 is 9.47 Å². The van der Waals surface area contributed by atoms with E-state index in [0.29, 0.717) is 5.75 Å². The van der Waals surface area contributed by atoms with E-state index in [1.165, 1.54) is 0 Å². The number of rotatable bonds is 2. The van der Waals surface area contributed by atoms with Crippen molar-refractivity contribution in [2.45, 2.75) is 19.8 Å². The van der Waals surface area contributed by atoms with Crippen LogP contribution in [0.3, 0.4) is 0 Å². The summed E-state index contributed by atoms with van der Waals surface area (Å²) in [5.41, 5.74) is 3.94. The largest absolute Gasteiger partial charge is 0.496 e. The van der Waals surface area contributed by atoms with E-state index in [4.69, 9.17) is 9.47 Å². The smallest absolute Gasteiger partial charge is 0.323 e. The molecule has 0 saturated heterocycles. The second-order valence-electron chi connectivity index (χ2n) is 5.08. The van der Waals surface area contributed by atoms with Gasteiger partial charge in [0, 0.05) is 5.56 Å². The summed E-state index contributed by atoms with van der Waals surface area (Å²) >= 11 is 0. The molecule has 2 aromatic rings. The first-order valence-electron chi connectivity index (χ1n) is 6.57. The van der Waals surface area contributed by atoms with E-state index in [0.717, 1.165) is 28.0 Å². The maximum Gasteiger partial charge on any atom is 0.323 e. The van der Waals surface area contributed by atoms with Crippen LogP contribution in [0.1, 0.15) is 28.2 Å². The van der Waals surface area contributed by atoms with Gasteiger partial charge in [-0.25, -0.2) is 0 Å². The Morgan fingerprint density at radius 1 is 1.10 bits per heavy atom. The second-order valence-corrected chi connectivity index (χ2v) is 5.08. The fourth-order valence-corrected chi connectivity index (χ4v) is 2.89. The Morgan fingerprint density at radius 3 is 2.40 bits per heavy atom. The lowest BCUT2D eigenvalue weighted by Gasteiger charge is -2.14. The normalized spacial score (nSPS) is 16.8. The minimum atomic E-state index is -0.338. The lowest BCUT2D eigenvalue weighted by molar-refractivity contribution is -0.133. The van der Waals surface area contributed by atoms with E-state index in [1.54, 1.807) is 7.11 Å². The van der Waals surface area contributed by atoms with E-state index in [1.807, 2.05) is 50.2 Å². The van der Waals surface area contributed by atoms with Crippen molar-refractivity contribution in [2.24, 2.45) is 0 Å². The van der Waals surface area contributed by atoms with Crippen molar-refractivity contribution in [1.82, 2.24) is 0 Å². The predicted octanol–water partition coefficient (Wildman–Crippen LogP) is 3.36. The Kier molecular flexibility index (Phi) is 2.97. The number of ether oxygens (including phenoxy) is 2. The number of benzene rings is 2. The minimum absolute atomic E-state index is 0.213. The fraction of sp³-hybridized carbons (Fsp3) is 0.235. The van der Waals surface area contributed by atoms with Gasteiger partial charge >= 0.3 is 5.97 Å². The lowest BCUT2D eigenvalue weighted by Crippen LogP contribution is -2.12. The van der Waals surface area contributed by atoms with E-state index in [2.05, 4.69) is 0 Å². The zero-order valence-electron chi connectivity index (χ0n) is 11.8. The molecule has 0 bridgehead atoms. The molecule has 0 radical (unpaired) electrons. The van der Waals surface area contributed by atoms with Gasteiger partial charge in [-0.05, 0) is 36.6 Å². The van der Waals surface area contributed by atoms with Gasteiger partial charge in [0.05, 0.1) is 7.11 Å². The van der Waals surface area contributed by atoms with E-state index >= 15 is 0 Å². The van der Waals surface area contributed by atoms with Gasteiger partial charge in [-0.1, -0.05) is 30.3 Å². The fourth-order valence-electron chi connectivity index (χ4n) is 2.89. The standard InChI is InChI=1S/C17H16O3/c1-10-8-12(9-11(2)16(10)19-3)15-13-6-4-5-7-14(13)20-17(15)18/h4-9,15H,1-3H3. The third-order valence-electron chi connectivity index (χ3n) is 3.70. The molecule has 102 valence electrons. The van der Waals surface area contributed by atoms with Crippen LogP contribution in [0, 0.1) is 13.8 Å². The first-order valence-corrected chi connectivity index (χ1v) is 6.57. The number of fused-ring (bicyclic) bond motifs is 1. The van der Waals surface area contributed by atoms with Gasteiger partial charge in [0.1, 0.15) is 17.4 Å². The molecule has 1 aliphatic heterocycles. The number of aryl methyl sites for hydroxylation is 2. The quantitative estimate of drug-likeness (QED) is 0.619. The number of carbonyl (C=O) groups excluding carboxylic acids is 1. The molecule has 0 amide bonds. The van der Waals surface area contributed by atoms with E-state index in [-0.39, 0.29) is 11.9 Å². The molecule has 0 aliphatic carbocycles. The highest BCUT2D eigenvalue weighted by Gasteiger charge is 2.34. The Balaban J connectivity index is 2.12. The highest BCUT2D eigenvalue weighted by atomic mass is 16.5. The molecule has 0 spiro atoms. The van der Waals surface area contributed by atoms with Crippen molar-refractivity contribution in [1.29, 1.82) is 0 Å². The molecule has 0 N–H and O–H groups in total. The molecule has 0 saturated carbocycles. The molecule has 2 aromatic carbocycles. The van der Waals surface area contributed by atoms with Gasteiger partial charge in [0.2, 0.25) is 0 Å². The molecule has 20 heavy (non-hydrogen) atoms. The maximum atomic E-state index is 12.2. The third kappa shape index (κ3) is 1.86. The second kappa shape index (κ2) is 4.67. The average molecular weight is 268 g/mol. The van der Waals surface area contributed by atoms with Gasteiger partial charge in [0.25, 0.3) is 0 Å². The summed E-state index contributed by atoms with van der Waals surface area (Å²) in [6.07, 6.45) is 0. The van der Waals surface area contributed by atoms with Crippen LogP contribution in [0.4, 0.5) is 0 Å². The highest BCUT2D eigenvalue weighted by molar-refractivity contribution is 5.89. The lowest BCUT2D eigenvalue weighted by atomic mass is 9.90. The maximum absolute atomic E-state index is 12.2. The summed E-state index contributed by atoms with van der Waals surface area (Å²) in [7, 11) is 1.66. The van der Waals surface area contributed by atoms with E-state index in [9.17, 15) is 4.79 Å². The summed E-state index contributed by atoms with van der Waals surface area (Å²) in [5.74, 6) is 0.978. The minimum Gasteiger partial charge on any atom is -0.496 e. The SMILES string of the molecule is COc1c(C)cc(C2C(=O)Oc3ccccc32)cc1C. The Morgan fingerprint density at radius 2 is 1.75 bits per heavy atom. The molecular weight excluding hydrogens is 252 g/mol. The molecule has 1 unspecified atom stereocenters. The molecule has 0 aromatic heterocycles. The third-order valence-corrected chi connectivity index (χ3v) is 3.70. The monoisotopic (exact) mass is 268 g/mol. The van der Waals surface area contributed by atoms with Crippen LogP contribution >= 0.6 is 0 Å². The topological polar surface area (TPSA) is 35.5 Å². The van der Waals surface area contributed by atoms with Crippen molar-refractivity contribution in [3.05, 3.63) is 58.7 Å². The first kappa shape index (κ1) is 12.7. The van der Waals surface area contributed by atoms with Crippen LogP contribution in [0.2, 0.25) is 0 Å². The van der Waals surface area contributed by atoms with Gasteiger partial charge in [-0.3, -0.25) is 4.79 Å². The van der Waals surface area contributed by atoms with Crippen molar-refractivity contribution in [3.8, 4) is 11.5 Å². The Hall–Kier alpha value is -2.29. The number of carbonyl (C=O) groups is 1. The molecule has 3 rings (SSSR count). The number of methoxy groups -OCH3 is 1. The van der Waals surface area contributed by atoms with Crippen LogP contribution in [-0.4, -0.2) is 13.1 Å². The Labute approximate surface area is 118 Å². The summed E-state index contributed by atoms with van der Waals surface area (Å²) in [6, 6.07) is 11.6. The predicted molar refractivity (Wildman–Crippen MR) is 76.4 cm³/mol. The summed E-state index contributed by atoms with van der Waals surface area (Å²) in [6.45, 7) is 3.98. The number of hydrogen-bond donors (Lipinski definition) is 0. The van der Waals surface area contributed by atoms with Crippen LogP contribution in [-0.2, 0) is 4.79 Å². The molecule has 3 nitrogen and oxygen atoms in total. The number of para-hydroxylation sites is 1. The van der Waals surface area contributed by atoms with Crippen molar-refractivity contribution >= 4 is 5.97 Å². The first-order chi connectivity index (χ1) is 9.61. The molecule has 0 fully saturated rings. The number of esters is 1. The molecule has 1 aliphatic rings. The molecular formula is C17H16O3. The molecule has 1 heterocycles. The summed E-state index contributed by atoms with van der Waals surface area (Å²) in [5, 5.41) is 0. The van der Waals surface area contributed by atoms with Crippen molar-refractivity contribution in [3.63, 3.8) is 0 Å². The van der Waals surface area contributed by atoms with Crippen LogP contribution in [0.15, 0.2) is 36.4 Å². The summed E-state index contributed by atoms with van der Waals surface area (Å²) < 4.78 is 10.7. The van der Waals surface area contributed by atoms with Gasteiger partial charge in [-0.2, -0.15) is 0 Å². The van der Waals surface area contributed by atoms with Crippen LogP contribution in [0.5, 0.6) is 11.5 Å². The van der Waals surface area contributed by atoms with Crippen LogP contribution < -0.4 is 9.47 Å². The zero-order chi connectivity index (χ0) is 14.3. The van der Waals surface area contributed by atoms with Gasteiger partial charge in [0.15, 0.2) is 0 Å². The summed E-state index contributed by atoms with van der Waals surface area (Å²) in [4.78, 5) is 12.2. The highest BCUT2D eigenvalue weighted by Crippen LogP contribution is 2.40. The zero-order valence-corrected chi connectivity index (χ0v) is 11.8. The van der Waals surface area contributed by atoms with Gasteiger partial charge in [-0.15, -0.1) is 0 Å². The van der Waals surface area contributed by atoms with Crippen LogP contribution in [0.25, 0.3) is 0 Å². The van der Waals surface area contributed by atoms with Crippen molar-refractivity contribution in [2.75, 3.05) is 7.11 Å². The number of hydrogen-bond acceptors (Lipinski definition) is 3. The average Bonchev–Trinajstić information content (AvgIpc) is 2.74. The Bertz CT molecular complexity index is 665. The van der Waals surface area contributed by atoms with Crippen molar-refractivity contribution < 1.29 is 14.3 Å². The molecule has 1 atom stereocenters.